The number of aromatic nitrogens is 3. The molecule has 0 saturated carbocycles. The van der Waals surface area contributed by atoms with E-state index in [1.807, 2.05) is 0 Å². The van der Waals surface area contributed by atoms with Gasteiger partial charge in [0, 0.05) is 42.6 Å². The highest BCUT2D eigenvalue weighted by Gasteiger charge is 2.26. The molecule has 0 bridgehead atoms. The zero-order chi connectivity index (χ0) is 20.4. The number of likely N-dealkylation sites (tertiary alicyclic amines) is 1. The van der Waals surface area contributed by atoms with Gasteiger partial charge in [-0.3, -0.25) is 9.36 Å². The van der Waals surface area contributed by atoms with E-state index in [0.29, 0.717) is 42.5 Å². The average molecular weight is 453 g/mol. The number of rotatable bonds is 5. The first kappa shape index (κ1) is 22.7. The number of piperidine rings is 1. The Morgan fingerprint density at radius 2 is 1.73 bits per heavy atom. The van der Waals surface area contributed by atoms with E-state index >= 15 is 0 Å². The van der Waals surface area contributed by atoms with E-state index in [0.717, 1.165) is 38.8 Å². The molecular weight excluding hydrogens is 427 g/mol. The smallest absolute Gasteiger partial charge is 0.302 e. The van der Waals surface area contributed by atoms with Crippen LogP contribution in [-0.4, -0.2) is 44.4 Å². The van der Waals surface area contributed by atoms with Crippen molar-refractivity contribution in [2.45, 2.75) is 45.2 Å². The van der Waals surface area contributed by atoms with Crippen molar-refractivity contribution < 1.29 is 4.79 Å². The first-order valence-corrected chi connectivity index (χ1v) is 10.6. The number of carbonyl (C=O) groups excluding carboxylic acids is 1. The fraction of sp³-hybridized carbons (Fsp3) is 0.524. The molecule has 0 unspecified atom stereocenters. The van der Waals surface area contributed by atoms with Gasteiger partial charge in [-0.25, -0.2) is 14.2 Å². The number of benzene rings is 1. The van der Waals surface area contributed by atoms with E-state index in [9.17, 15) is 14.4 Å². The van der Waals surface area contributed by atoms with Crippen LogP contribution in [0.4, 0.5) is 0 Å². The highest BCUT2D eigenvalue weighted by molar-refractivity contribution is 6.30. The van der Waals surface area contributed by atoms with Gasteiger partial charge in [0.15, 0.2) is 5.78 Å². The van der Waals surface area contributed by atoms with Crippen molar-refractivity contribution in [1.82, 2.24) is 19.0 Å². The molecule has 0 atom stereocenters. The Balaban J connectivity index is 0.00000256. The second-order valence-corrected chi connectivity index (χ2v) is 8.28. The lowest BCUT2D eigenvalue weighted by molar-refractivity contribution is 0.0837. The highest BCUT2D eigenvalue weighted by atomic mass is 35.5. The van der Waals surface area contributed by atoms with Crippen LogP contribution in [-0.2, 0) is 19.5 Å². The minimum atomic E-state index is -0.448. The molecule has 162 valence electrons. The average Bonchev–Trinajstić information content (AvgIpc) is 2.74. The molecule has 7 nitrogen and oxygen atoms in total. The number of nitrogens with zero attached hydrogens (tertiary/aromatic N) is 4. The van der Waals surface area contributed by atoms with E-state index < -0.39 is 5.69 Å². The largest absolute Gasteiger partial charge is 0.353 e. The number of hydrogen-bond donors (Lipinski definition) is 0. The predicted molar refractivity (Wildman–Crippen MR) is 118 cm³/mol. The number of carbonyl (C=O) groups is 1. The van der Waals surface area contributed by atoms with Crippen LogP contribution in [0.1, 0.15) is 41.9 Å². The summed E-state index contributed by atoms with van der Waals surface area (Å²) in [6.45, 7) is 3.13. The van der Waals surface area contributed by atoms with Crippen LogP contribution < -0.4 is 11.4 Å². The van der Waals surface area contributed by atoms with Gasteiger partial charge in [0.05, 0.1) is 0 Å². The molecule has 0 radical (unpaired) electrons. The van der Waals surface area contributed by atoms with Crippen LogP contribution in [0.25, 0.3) is 0 Å². The van der Waals surface area contributed by atoms with Gasteiger partial charge < -0.3 is 4.90 Å². The summed E-state index contributed by atoms with van der Waals surface area (Å²) in [6.07, 6.45) is 4.16. The Morgan fingerprint density at radius 3 is 2.43 bits per heavy atom. The van der Waals surface area contributed by atoms with Crippen LogP contribution >= 0.6 is 24.0 Å². The summed E-state index contributed by atoms with van der Waals surface area (Å²) in [5, 5.41) is 0.624. The topological polar surface area (TPSA) is 77.2 Å². The second-order valence-electron chi connectivity index (χ2n) is 7.84. The zero-order valence-corrected chi connectivity index (χ0v) is 18.3. The maximum atomic E-state index is 12.7. The summed E-state index contributed by atoms with van der Waals surface area (Å²) in [4.78, 5) is 43.9. The summed E-state index contributed by atoms with van der Waals surface area (Å²) in [5.74, 6) is 0.782. The molecule has 0 amide bonds. The van der Waals surface area contributed by atoms with Gasteiger partial charge in [0.25, 0.3) is 0 Å². The van der Waals surface area contributed by atoms with Gasteiger partial charge in [-0.15, -0.1) is 12.4 Å². The van der Waals surface area contributed by atoms with Crippen molar-refractivity contribution in [3.8, 4) is 0 Å². The number of fused-ring (bicyclic) bond motifs is 1. The third kappa shape index (κ3) is 4.85. The summed E-state index contributed by atoms with van der Waals surface area (Å²) in [6, 6.07) is 7.04. The van der Waals surface area contributed by atoms with Crippen LogP contribution in [0.15, 0.2) is 33.9 Å². The number of halogens is 2. The molecule has 2 aromatic rings. The minimum Gasteiger partial charge on any atom is -0.302 e. The standard InChI is InChI=1S/C21H25ClN4O3.ClH/c22-17-6-4-15(5-7-17)19(27)16-8-11-24(12-9-16)13-14-26-20(28)23-18-3-1-2-10-25(18)21(26)29;/h4-7,16H,1-3,8-14H2;1H. The Hall–Kier alpha value is -1.96. The SMILES string of the molecule is Cl.O=C(c1ccc(Cl)cc1)C1CCN(CCn2c(=O)nc3n(c2=O)CCCC3)CC1. The maximum Gasteiger partial charge on any atom is 0.353 e. The summed E-state index contributed by atoms with van der Waals surface area (Å²) < 4.78 is 2.89. The third-order valence-corrected chi connectivity index (χ3v) is 6.24. The van der Waals surface area contributed by atoms with Crippen molar-refractivity contribution >= 4 is 29.8 Å². The fourth-order valence-electron chi connectivity index (χ4n) is 4.24. The van der Waals surface area contributed by atoms with Crippen molar-refractivity contribution in [3.05, 3.63) is 61.6 Å². The predicted octanol–water partition coefficient (Wildman–Crippen LogP) is 2.41. The lowest BCUT2D eigenvalue weighted by atomic mass is 9.89. The Labute approximate surface area is 186 Å². The lowest BCUT2D eigenvalue weighted by Crippen LogP contribution is -2.47. The number of aryl methyl sites for hydroxylation is 1. The summed E-state index contributed by atoms with van der Waals surface area (Å²) in [5.41, 5.74) is 0.0102. The Morgan fingerprint density at radius 1 is 1.03 bits per heavy atom. The van der Waals surface area contributed by atoms with Gasteiger partial charge in [0.2, 0.25) is 0 Å². The van der Waals surface area contributed by atoms with Gasteiger partial charge >= 0.3 is 11.4 Å². The molecule has 2 aliphatic heterocycles. The van der Waals surface area contributed by atoms with Crippen molar-refractivity contribution in [3.63, 3.8) is 0 Å². The van der Waals surface area contributed by atoms with Gasteiger partial charge in [-0.05, 0) is 63.0 Å². The monoisotopic (exact) mass is 452 g/mol. The van der Waals surface area contributed by atoms with Crippen LogP contribution in [0.2, 0.25) is 5.02 Å². The minimum absolute atomic E-state index is 0. The van der Waals surface area contributed by atoms with E-state index in [-0.39, 0.29) is 29.8 Å². The molecule has 1 aromatic heterocycles. The van der Waals surface area contributed by atoms with E-state index in [1.54, 1.807) is 28.8 Å². The third-order valence-electron chi connectivity index (χ3n) is 5.99. The van der Waals surface area contributed by atoms with Crippen LogP contribution in [0, 0.1) is 5.92 Å². The van der Waals surface area contributed by atoms with E-state index in [4.69, 9.17) is 11.6 Å². The fourth-order valence-corrected chi connectivity index (χ4v) is 4.36. The molecule has 1 saturated heterocycles. The molecule has 1 aromatic carbocycles. The highest BCUT2D eigenvalue weighted by Crippen LogP contribution is 2.22. The van der Waals surface area contributed by atoms with E-state index in [2.05, 4.69) is 9.88 Å². The lowest BCUT2D eigenvalue weighted by Gasteiger charge is -2.31. The first-order valence-electron chi connectivity index (χ1n) is 10.3. The van der Waals surface area contributed by atoms with E-state index in [1.165, 1.54) is 4.57 Å². The molecule has 2 aliphatic rings. The molecule has 3 heterocycles. The molecular formula is C21H26Cl2N4O3. The molecule has 4 rings (SSSR count). The Kier molecular flexibility index (Phi) is 7.50. The Bertz CT molecular complexity index is 1010. The maximum absolute atomic E-state index is 12.7. The molecule has 1 fully saturated rings. The quantitative estimate of drug-likeness (QED) is 0.650. The molecule has 30 heavy (non-hydrogen) atoms. The van der Waals surface area contributed by atoms with Gasteiger partial charge in [-0.2, -0.15) is 4.98 Å². The summed E-state index contributed by atoms with van der Waals surface area (Å²) >= 11 is 5.90. The van der Waals surface area contributed by atoms with Gasteiger partial charge in [0.1, 0.15) is 5.82 Å². The second kappa shape index (κ2) is 9.90. The van der Waals surface area contributed by atoms with Crippen LogP contribution in [0.3, 0.4) is 0 Å². The number of ketones is 1. The molecule has 0 N–H and O–H groups in total. The van der Waals surface area contributed by atoms with Crippen LogP contribution in [0.5, 0.6) is 0 Å². The van der Waals surface area contributed by atoms with Crippen molar-refractivity contribution in [1.29, 1.82) is 0 Å². The summed E-state index contributed by atoms with van der Waals surface area (Å²) in [7, 11) is 0. The van der Waals surface area contributed by atoms with Gasteiger partial charge in [-0.1, -0.05) is 11.6 Å². The molecule has 0 spiro atoms. The number of hydrogen-bond acceptors (Lipinski definition) is 5. The van der Waals surface area contributed by atoms with Crippen molar-refractivity contribution in [2.24, 2.45) is 5.92 Å². The zero-order valence-electron chi connectivity index (χ0n) is 16.8. The first-order chi connectivity index (χ1) is 14.0. The normalized spacial score (nSPS) is 17.2. The van der Waals surface area contributed by atoms with Crippen molar-refractivity contribution in [2.75, 3.05) is 19.6 Å². The number of Topliss-reactive ketones (excluding diaryl/α,β-unsaturated/α-hetero) is 1. The molecule has 0 aliphatic carbocycles. The molecule has 9 heteroatoms.